The highest BCUT2D eigenvalue weighted by Crippen LogP contribution is 2.25. The lowest BCUT2D eigenvalue weighted by Gasteiger charge is -2.33. The van der Waals surface area contributed by atoms with Gasteiger partial charge in [0.05, 0.1) is 17.4 Å². The third-order valence-corrected chi connectivity index (χ3v) is 6.36. The summed E-state index contributed by atoms with van der Waals surface area (Å²) in [6.07, 6.45) is 4.82. The summed E-state index contributed by atoms with van der Waals surface area (Å²) in [6.45, 7) is 1.46. The van der Waals surface area contributed by atoms with Crippen molar-refractivity contribution in [2.75, 3.05) is 25.1 Å². The van der Waals surface area contributed by atoms with Gasteiger partial charge in [-0.25, -0.2) is 23.1 Å². The monoisotopic (exact) mass is 387 g/mol. The molecule has 3 heterocycles. The van der Waals surface area contributed by atoms with E-state index in [0.717, 1.165) is 29.9 Å². The molecule has 0 radical (unpaired) electrons. The number of hydrogen-bond acceptors (Lipinski definition) is 6. The first-order valence-corrected chi connectivity index (χ1v) is 10.2. The number of methoxy groups -OCH3 is 1. The summed E-state index contributed by atoms with van der Waals surface area (Å²) in [5, 5.41) is 0.981. The van der Waals surface area contributed by atoms with Crippen molar-refractivity contribution in [1.82, 2.24) is 19.7 Å². The molecule has 1 saturated heterocycles. The van der Waals surface area contributed by atoms with Crippen molar-refractivity contribution in [1.29, 1.82) is 0 Å². The maximum atomic E-state index is 12.6. The van der Waals surface area contributed by atoms with Gasteiger partial charge in [-0.3, -0.25) is 0 Å². The average Bonchev–Trinajstić information content (AvgIpc) is 3.17. The third-order valence-electron chi connectivity index (χ3n) is 4.82. The van der Waals surface area contributed by atoms with Gasteiger partial charge in [-0.1, -0.05) is 0 Å². The summed E-state index contributed by atoms with van der Waals surface area (Å²) in [6, 6.07) is 8.27. The first kappa shape index (κ1) is 17.7. The van der Waals surface area contributed by atoms with Gasteiger partial charge in [0, 0.05) is 25.3 Å². The molecule has 0 atom stereocenters. The Hall–Kier alpha value is -2.65. The van der Waals surface area contributed by atoms with Gasteiger partial charge in [-0.2, -0.15) is 0 Å². The lowest BCUT2D eigenvalue weighted by atomic mass is 10.1. The lowest BCUT2D eigenvalue weighted by molar-refractivity contribution is 0.414. The fourth-order valence-corrected chi connectivity index (χ4v) is 4.67. The van der Waals surface area contributed by atoms with Crippen molar-refractivity contribution < 1.29 is 13.2 Å². The van der Waals surface area contributed by atoms with Crippen LogP contribution in [0.2, 0.25) is 0 Å². The summed E-state index contributed by atoms with van der Waals surface area (Å²) in [7, 11) is -2.00. The molecular weight excluding hydrogens is 366 g/mol. The van der Waals surface area contributed by atoms with E-state index in [1.54, 1.807) is 37.7 Å². The van der Waals surface area contributed by atoms with Crippen LogP contribution >= 0.6 is 0 Å². The Labute approximate surface area is 157 Å². The van der Waals surface area contributed by atoms with Gasteiger partial charge in [0.1, 0.15) is 23.5 Å². The van der Waals surface area contributed by atoms with Crippen molar-refractivity contribution in [3.05, 3.63) is 42.9 Å². The molecule has 8 nitrogen and oxygen atoms in total. The van der Waals surface area contributed by atoms with Crippen LogP contribution < -0.4 is 14.4 Å². The van der Waals surface area contributed by atoms with E-state index in [4.69, 9.17) is 4.74 Å². The molecule has 1 aliphatic rings. The Morgan fingerprint density at radius 3 is 2.59 bits per heavy atom. The zero-order valence-corrected chi connectivity index (χ0v) is 15.7. The minimum atomic E-state index is -3.55. The van der Waals surface area contributed by atoms with Gasteiger partial charge in [0.15, 0.2) is 0 Å². The number of anilines is 1. The van der Waals surface area contributed by atoms with Crippen molar-refractivity contribution in [2.45, 2.75) is 23.8 Å². The number of sulfonamides is 1. The Morgan fingerprint density at radius 2 is 1.89 bits per heavy atom. The molecule has 0 unspecified atom stereocenters. The molecule has 0 amide bonds. The van der Waals surface area contributed by atoms with E-state index in [0.29, 0.717) is 18.6 Å². The fourth-order valence-electron chi connectivity index (χ4n) is 3.36. The van der Waals surface area contributed by atoms with Crippen LogP contribution in [0, 0.1) is 0 Å². The molecule has 142 valence electrons. The second-order valence-electron chi connectivity index (χ2n) is 6.50. The van der Waals surface area contributed by atoms with E-state index >= 15 is 0 Å². The van der Waals surface area contributed by atoms with E-state index in [-0.39, 0.29) is 10.9 Å². The standard InChI is InChI=1S/C18H21N5O3S/c1-26-14-2-4-15(5-3-14)27(24,25)22-13-7-10-23(11-8-13)18-16-6-9-19-17(16)20-12-21-18/h2-6,9,12-13,22H,7-8,10-11H2,1H3,(H,19,20,21). The molecule has 2 aromatic heterocycles. The predicted molar refractivity (Wildman–Crippen MR) is 102 cm³/mol. The number of nitrogens with one attached hydrogen (secondary N) is 2. The number of rotatable bonds is 5. The predicted octanol–water partition coefficient (Wildman–Crippen LogP) is 1.91. The number of ether oxygens (including phenoxy) is 1. The molecule has 1 aliphatic heterocycles. The fraction of sp³-hybridized carbons (Fsp3) is 0.333. The quantitative estimate of drug-likeness (QED) is 0.694. The molecule has 2 N–H and O–H groups in total. The Bertz CT molecular complexity index is 1020. The highest BCUT2D eigenvalue weighted by molar-refractivity contribution is 7.89. The van der Waals surface area contributed by atoms with Crippen LogP contribution in [-0.4, -0.2) is 49.6 Å². The van der Waals surface area contributed by atoms with E-state index < -0.39 is 10.0 Å². The van der Waals surface area contributed by atoms with Crippen molar-refractivity contribution in [3.8, 4) is 5.75 Å². The third kappa shape index (κ3) is 3.60. The number of fused-ring (bicyclic) bond motifs is 1. The summed E-state index contributed by atoms with van der Waals surface area (Å²) in [5.41, 5.74) is 0.808. The summed E-state index contributed by atoms with van der Waals surface area (Å²) in [5.74, 6) is 1.51. The summed E-state index contributed by atoms with van der Waals surface area (Å²) in [4.78, 5) is 14.1. The van der Waals surface area contributed by atoms with Crippen LogP contribution in [0.1, 0.15) is 12.8 Å². The topological polar surface area (TPSA) is 100 Å². The van der Waals surface area contributed by atoms with Crippen LogP contribution in [0.4, 0.5) is 5.82 Å². The average molecular weight is 387 g/mol. The van der Waals surface area contributed by atoms with Crippen LogP contribution in [0.3, 0.4) is 0 Å². The first-order valence-electron chi connectivity index (χ1n) is 8.76. The second kappa shape index (κ2) is 7.16. The number of aromatic amines is 1. The largest absolute Gasteiger partial charge is 0.497 e. The normalized spacial score (nSPS) is 16.0. The molecule has 9 heteroatoms. The highest BCUT2D eigenvalue weighted by Gasteiger charge is 2.26. The molecule has 0 spiro atoms. The van der Waals surface area contributed by atoms with E-state index in [2.05, 4.69) is 24.6 Å². The molecule has 1 fully saturated rings. The van der Waals surface area contributed by atoms with E-state index in [1.807, 2.05) is 12.3 Å². The Morgan fingerprint density at radius 1 is 1.15 bits per heavy atom. The molecule has 0 bridgehead atoms. The molecule has 1 aromatic carbocycles. The summed E-state index contributed by atoms with van der Waals surface area (Å²) >= 11 is 0. The number of nitrogens with zero attached hydrogens (tertiary/aromatic N) is 3. The van der Waals surface area contributed by atoms with Crippen LogP contribution in [0.15, 0.2) is 47.8 Å². The minimum absolute atomic E-state index is 0.100. The first-order chi connectivity index (χ1) is 13.1. The number of benzene rings is 1. The van der Waals surface area contributed by atoms with Gasteiger partial charge in [0.2, 0.25) is 10.0 Å². The number of aromatic nitrogens is 3. The number of H-pyrrole nitrogens is 1. The van der Waals surface area contributed by atoms with Crippen molar-refractivity contribution in [3.63, 3.8) is 0 Å². The van der Waals surface area contributed by atoms with Gasteiger partial charge in [-0.15, -0.1) is 0 Å². The van der Waals surface area contributed by atoms with Crippen molar-refractivity contribution >= 4 is 26.9 Å². The molecule has 27 heavy (non-hydrogen) atoms. The van der Waals surface area contributed by atoms with Gasteiger partial charge < -0.3 is 14.6 Å². The van der Waals surface area contributed by atoms with E-state index in [9.17, 15) is 8.42 Å². The van der Waals surface area contributed by atoms with E-state index in [1.165, 1.54) is 0 Å². The summed E-state index contributed by atoms with van der Waals surface area (Å²) < 4.78 is 33.1. The molecule has 0 aliphatic carbocycles. The van der Waals surface area contributed by atoms with Crippen LogP contribution in [0.5, 0.6) is 5.75 Å². The molecule has 4 rings (SSSR count). The maximum Gasteiger partial charge on any atom is 0.240 e. The second-order valence-corrected chi connectivity index (χ2v) is 8.21. The molecule has 3 aromatic rings. The Kier molecular flexibility index (Phi) is 4.71. The molecular formula is C18H21N5O3S. The van der Waals surface area contributed by atoms with Gasteiger partial charge >= 0.3 is 0 Å². The zero-order chi connectivity index (χ0) is 18.9. The van der Waals surface area contributed by atoms with Crippen LogP contribution in [0.25, 0.3) is 11.0 Å². The zero-order valence-electron chi connectivity index (χ0n) is 14.9. The van der Waals surface area contributed by atoms with Crippen molar-refractivity contribution in [2.24, 2.45) is 0 Å². The minimum Gasteiger partial charge on any atom is -0.497 e. The smallest absolute Gasteiger partial charge is 0.240 e. The number of hydrogen-bond donors (Lipinski definition) is 2. The van der Waals surface area contributed by atoms with Gasteiger partial charge in [0.25, 0.3) is 0 Å². The Balaban J connectivity index is 1.42. The molecule has 0 saturated carbocycles. The van der Waals surface area contributed by atoms with Crippen LogP contribution in [-0.2, 0) is 10.0 Å². The SMILES string of the molecule is COc1ccc(S(=O)(=O)NC2CCN(c3ncnc4[nH]ccc34)CC2)cc1. The highest BCUT2D eigenvalue weighted by atomic mass is 32.2. The van der Waals surface area contributed by atoms with Gasteiger partial charge in [-0.05, 0) is 43.2 Å². The lowest BCUT2D eigenvalue weighted by Crippen LogP contribution is -2.44. The number of piperidine rings is 1. The maximum absolute atomic E-state index is 12.6.